The van der Waals surface area contributed by atoms with Gasteiger partial charge in [0, 0.05) is 5.56 Å². The van der Waals surface area contributed by atoms with Crippen molar-refractivity contribution in [3.63, 3.8) is 0 Å². The molecule has 3 aromatic carbocycles. The molecule has 0 aliphatic rings. The van der Waals surface area contributed by atoms with Gasteiger partial charge in [-0.1, -0.05) is 23.4 Å². The fourth-order valence-corrected chi connectivity index (χ4v) is 3.28. The Bertz CT molecular complexity index is 1090. The zero-order valence-corrected chi connectivity index (χ0v) is 17.2. The van der Waals surface area contributed by atoms with Gasteiger partial charge in [-0.05, 0) is 87.4 Å². The molecule has 0 saturated carbocycles. The van der Waals surface area contributed by atoms with Crippen LogP contribution in [-0.2, 0) is 0 Å². The molecule has 1 aromatic heterocycles. The van der Waals surface area contributed by atoms with Crippen LogP contribution in [0.5, 0.6) is 11.5 Å². The number of benzene rings is 3. The number of hydrogen-bond donors (Lipinski definition) is 0. The van der Waals surface area contributed by atoms with Crippen molar-refractivity contribution in [1.82, 2.24) is 5.16 Å². The van der Waals surface area contributed by atoms with E-state index in [1.165, 1.54) is 0 Å². The van der Waals surface area contributed by atoms with Crippen molar-refractivity contribution in [3.05, 3.63) is 66.7 Å². The lowest BCUT2D eigenvalue weighted by molar-refractivity contribution is 0.242. The van der Waals surface area contributed by atoms with Crippen molar-refractivity contribution in [1.29, 1.82) is 0 Å². The molecule has 0 saturated heterocycles. The van der Waals surface area contributed by atoms with Crippen molar-refractivity contribution in [2.45, 2.75) is 39.9 Å². The van der Waals surface area contributed by atoms with E-state index >= 15 is 0 Å². The van der Waals surface area contributed by atoms with Gasteiger partial charge < -0.3 is 14.0 Å². The first kappa shape index (κ1) is 19.1. The standard InChI is InChI=1S/C25H25NO3/c1-16(2)27-21-10-5-18(6-11-21)20-9-14-24-23(15-20)25(29-26-24)19-7-12-22(13-8-19)28-17(3)4/h5-17H,1-4H3. The molecule has 29 heavy (non-hydrogen) atoms. The van der Waals surface area contributed by atoms with Crippen molar-refractivity contribution < 1.29 is 14.0 Å². The Morgan fingerprint density at radius 1 is 0.655 bits per heavy atom. The Kier molecular flexibility index (Phi) is 5.26. The Labute approximate surface area is 171 Å². The van der Waals surface area contributed by atoms with Gasteiger partial charge in [-0.3, -0.25) is 0 Å². The van der Waals surface area contributed by atoms with E-state index in [4.69, 9.17) is 14.0 Å². The third-order valence-electron chi connectivity index (χ3n) is 4.52. The molecule has 0 aliphatic carbocycles. The Morgan fingerprint density at radius 2 is 1.17 bits per heavy atom. The summed E-state index contributed by atoms with van der Waals surface area (Å²) in [5.41, 5.74) is 4.04. The van der Waals surface area contributed by atoms with Crippen LogP contribution in [0.2, 0.25) is 0 Å². The number of nitrogens with zero attached hydrogens (tertiary/aromatic N) is 1. The van der Waals surface area contributed by atoms with Crippen LogP contribution in [0, 0.1) is 0 Å². The molecule has 0 bridgehead atoms. The fraction of sp³-hybridized carbons (Fsp3) is 0.240. The van der Waals surface area contributed by atoms with Gasteiger partial charge in [-0.2, -0.15) is 0 Å². The first-order valence-corrected chi connectivity index (χ1v) is 9.93. The highest BCUT2D eigenvalue weighted by Gasteiger charge is 2.13. The minimum absolute atomic E-state index is 0.145. The molecule has 0 N–H and O–H groups in total. The zero-order valence-electron chi connectivity index (χ0n) is 17.2. The van der Waals surface area contributed by atoms with Gasteiger partial charge in [0.1, 0.15) is 17.0 Å². The van der Waals surface area contributed by atoms with Crippen molar-refractivity contribution in [2.24, 2.45) is 0 Å². The lowest BCUT2D eigenvalue weighted by Gasteiger charge is -2.10. The van der Waals surface area contributed by atoms with E-state index in [0.717, 1.165) is 44.9 Å². The average Bonchev–Trinajstić information content (AvgIpc) is 3.11. The molecule has 4 heteroatoms. The van der Waals surface area contributed by atoms with Crippen LogP contribution >= 0.6 is 0 Å². The number of hydrogen-bond acceptors (Lipinski definition) is 4. The van der Waals surface area contributed by atoms with Gasteiger partial charge in [0.05, 0.1) is 17.6 Å². The molecular weight excluding hydrogens is 362 g/mol. The summed E-state index contributed by atoms with van der Waals surface area (Å²) in [4.78, 5) is 0. The molecule has 0 amide bonds. The second kappa shape index (κ2) is 8.00. The molecular formula is C25H25NO3. The minimum Gasteiger partial charge on any atom is -0.491 e. The second-order valence-corrected chi connectivity index (χ2v) is 7.63. The largest absolute Gasteiger partial charge is 0.491 e. The summed E-state index contributed by atoms with van der Waals surface area (Å²) < 4.78 is 17.1. The second-order valence-electron chi connectivity index (χ2n) is 7.63. The average molecular weight is 387 g/mol. The van der Waals surface area contributed by atoms with Gasteiger partial charge in [-0.25, -0.2) is 0 Å². The zero-order chi connectivity index (χ0) is 20.4. The molecule has 0 atom stereocenters. The highest BCUT2D eigenvalue weighted by Crippen LogP contribution is 2.33. The third kappa shape index (κ3) is 4.27. The van der Waals surface area contributed by atoms with E-state index < -0.39 is 0 Å². The molecule has 0 aliphatic heterocycles. The molecule has 4 rings (SSSR count). The van der Waals surface area contributed by atoms with E-state index in [1.807, 2.05) is 70.2 Å². The molecule has 0 spiro atoms. The van der Waals surface area contributed by atoms with E-state index in [1.54, 1.807) is 0 Å². The monoisotopic (exact) mass is 387 g/mol. The Balaban J connectivity index is 1.66. The van der Waals surface area contributed by atoms with E-state index in [-0.39, 0.29) is 12.2 Å². The lowest BCUT2D eigenvalue weighted by atomic mass is 10.0. The van der Waals surface area contributed by atoms with Crippen molar-refractivity contribution >= 4 is 10.9 Å². The molecule has 0 radical (unpaired) electrons. The highest BCUT2D eigenvalue weighted by molar-refractivity contribution is 5.94. The number of rotatable bonds is 6. The summed E-state index contributed by atoms with van der Waals surface area (Å²) in [7, 11) is 0. The SMILES string of the molecule is CC(C)Oc1ccc(-c2ccc3noc(-c4ccc(OC(C)C)cc4)c3c2)cc1. The molecule has 148 valence electrons. The van der Waals surface area contributed by atoms with Crippen LogP contribution in [0.3, 0.4) is 0 Å². The summed E-state index contributed by atoms with van der Waals surface area (Å²) in [5.74, 6) is 2.48. The molecule has 4 aromatic rings. The summed E-state index contributed by atoms with van der Waals surface area (Å²) in [6, 6.07) is 22.3. The van der Waals surface area contributed by atoms with Crippen molar-refractivity contribution in [3.8, 4) is 33.9 Å². The summed E-state index contributed by atoms with van der Waals surface area (Å²) >= 11 is 0. The van der Waals surface area contributed by atoms with Crippen LogP contribution in [0.25, 0.3) is 33.4 Å². The summed E-state index contributed by atoms with van der Waals surface area (Å²) in [6.45, 7) is 8.08. The number of ether oxygens (including phenoxy) is 2. The fourth-order valence-electron chi connectivity index (χ4n) is 3.28. The summed E-state index contributed by atoms with van der Waals surface area (Å²) in [6.07, 6.45) is 0.306. The smallest absolute Gasteiger partial charge is 0.174 e. The van der Waals surface area contributed by atoms with Crippen LogP contribution in [0.4, 0.5) is 0 Å². The van der Waals surface area contributed by atoms with Crippen LogP contribution < -0.4 is 9.47 Å². The molecule has 0 unspecified atom stereocenters. The first-order valence-electron chi connectivity index (χ1n) is 9.93. The Morgan fingerprint density at radius 3 is 1.72 bits per heavy atom. The predicted molar refractivity (Wildman–Crippen MR) is 116 cm³/mol. The van der Waals surface area contributed by atoms with E-state index in [9.17, 15) is 0 Å². The highest BCUT2D eigenvalue weighted by atomic mass is 16.5. The van der Waals surface area contributed by atoms with Gasteiger partial charge >= 0.3 is 0 Å². The molecule has 0 fully saturated rings. The maximum absolute atomic E-state index is 5.74. The first-order chi connectivity index (χ1) is 14.0. The normalized spacial score (nSPS) is 11.4. The maximum Gasteiger partial charge on any atom is 0.174 e. The van der Waals surface area contributed by atoms with Crippen molar-refractivity contribution in [2.75, 3.05) is 0 Å². The van der Waals surface area contributed by atoms with Gasteiger partial charge in [0.2, 0.25) is 0 Å². The quantitative estimate of drug-likeness (QED) is 0.368. The topological polar surface area (TPSA) is 44.5 Å². The lowest BCUT2D eigenvalue weighted by Crippen LogP contribution is -2.05. The van der Waals surface area contributed by atoms with Gasteiger partial charge in [-0.15, -0.1) is 0 Å². The van der Waals surface area contributed by atoms with Crippen LogP contribution in [-0.4, -0.2) is 17.4 Å². The molecule has 1 heterocycles. The number of fused-ring (bicyclic) bond motifs is 1. The van der Waals surface area contributed by atoms with Gasteiger partial charge in [0.15, 0.2) is 5.76 Å². The Hall–Kier alpha value is -3.27. The summed E-state index contributed by atoms with van der Waals surface area (Å²) in [5, 5.41) is 5.21. The van der Waals surface area contributed by atoms with Crippen LogP contribution in [0.1, 0.15) is 27.7 Å². The van der Waals surface area contributed by atoms with Crippen LogP contribution in [0.15, 0.2) is 71.3 Å². The predicted octanol–water partition coefficient (Wildman–Crippen LogP) is 6.74. The third-order valence-corrected chi connectivity index (χ3v) is 4.52. The number of aromatic nitrogens is 1. The van der Waals surface area contributed by atoms with Gasteiger partial charge in [0.25, 0.3) is 0 Å². The molecule has 4 nitrogen and oxygen atoms in total. The van der Waals surface area contributed by atoms with E-state index in [0.29, 0.717) is 0 Å². The minimum atomic E-state index is 0.145. The maximum atomic E-state index is 5.74. The van der Waals surface area contributed by atoms with E-state index in [2.05, 4.69) is 29.4 Å².